The zero-order chi connectivity index (χ0) is 40.0. The lowest BCUT2D eigenvalue weighted by atomic mass is 10.0. The Balaban J connectivity index is 0.931. The minimum atomic E-state index is -4.65. The molecule has 0 radical (unpaired) electrons. The van der Waals surface area contributed by atoms with Gasteiger partial charge in [-0.1, -0.05) is 42.0 Å². The summed E-state index contributed by atoms with van der Waals surface area (Å²) in [5.41, 5.74) is 7.34. The van der Waals surface area contributed by atoms with Crippen LogP contribution >= 0.6 is 0 Å². The average molecular weight is 793 g/mol. The van der Waals surface area contributed by atoms with E-state index < -0.39 is 27.4 Å². The molecular weight excluding hydrogens is 749 g/mol. The van der Waals surface area contributed by atoms with Crippen molar-refractivity contribution < 1.29 is 41.5 Å². The maximum absolute atomic E-state index is 13.9. The van der Waals surface area contributed by atoms with Gasteiger partial charge in [0, 0.05) is 37.5 Å². The van der Waals surface area contributed by atoms with Crippen LogP contribution in [0.2, 0.25) is 0 Å². The van der Waals surface area contributed by atoms with E-state index in [2.05, 4.69) is 41.8 Å². The van der Waals surface area contributed by atoms with Gasteiger partial charge in [-0.3, -0.25) is 14.1 Å². The lowest BCUT2D eigenvalue weighted by Gasteiger charge is -2.26. The first-order chi connectivity index (χ1) is 27.4. The van der Waals surface area contributed by atoms with Gasteiger partial charge in [0.25, 0.3) is 21.9 Å². The van der Waals surface area contributed by atoms with Gasteiger partial charge < -0.3 is 39.4 Å². The number of carbonyl (C=O) groups excluding carboxylic acids is 2. The molecule has 57 heavy (non-hydrogen) atoms. The topological polar surface area (TPSA) is 156 Å². The Morgan fingerprint density at radius 3 is 2.04 bits per heavy atom. The van der Waals surface area contributed by atoms with E-state index in [9.17, 15) is 22.6 Å². The summed E-state index contributed by atoms with van der Waals surface area (Å²) in [5, 5.41) is 4.91. The molecule has 0 saturated heterocycles. The SMILES string of the molecule is COc1ccc(C2=CN3C(=O)c4cc(C)c(OCCCOc5cc6c(cc5OC)C(=O)N5C=C(c7ccc(C)cc7)C[C@H]5CN6)cc4NC(S(=O)(=O)O)[C@@H]3C2)cc1. The van der Waals surface area contributed by atoms with Gasteiger partial charge in [0.15, 0.2) is 16.9 Å². The molecule has 4 aromatic carbocycles. The highest BCUT2D eigenvalue weighted by Gasteiger charge is 2.45. The molecule has 4 aliphatic rings. The molecule has 3 N–H and O–H groups in total. The number of anilines is 2. The molecule has 4 aliphatic heterocycles. The second-order valence-electron chi connectivity index (χ2n) is 14.7. The van der Waals surface area contributed by atoms with Crippen LogP contribution in [0.4, 0.5) is 11.4 Å². The van der Waals surface area contributed by atoms with Gasteiger partial charge >= 0.3 is 0 Å². The minimum absolute atomic E-state index is 0.0238. The zero-order valence-electron chi connectivity index (χ0n) is 32.1. The highest BCUT2D eigenvalue weighted by molar-refractivity contribution is 7.86. The second kappa shape index (κ2) is 15.2. The number of rotatable bonds is 11. The molecule has 4 aromatic rings. The third-order valence-corrected chi connectivity index (χ3v) is 12.0. The quantitative estimate of drug-likeness (QED) is 0.109. The van der Waals surface area contributed by atoms with Crippen molar-refractivity contribution in [3.8, 4) is 23.0 Å². The summed E-state index contributed by atoms with van der Waals surface area (Å²) in [6, 6.07) is 21.5. The van der Waals surface area contributed by atoms with Crippen molar-refractivity contribution in [1.82, 2.24) is 9.80 Å². The van der Waals surface area contributed by atoms with E-state index in [1.807, 2.05) is 30.2 Å². The standard InChI is InChI=1S/C43H44N4O9S/c1-25-6-8-27(9-7-25)29-17-31-22-44-35-20-40(39(54-4)19-34(35)42(48)46(31)23-29)56-15-5-14-55-38-21-36-33(16-26(38)2)43(49)47-24-30(28-10-12-32(53-3)13-11-28)18-37(47)41(45-36)57(50,51)52/h6-13,16,19-21,23-24,31,37,41,44-45H,5,14-15,17-18,22H2,1-4H3,(H,50,51,52)/t31-,37-,41?/m0/s1. The van der Waals surface area contributed by atoms with Gasteiger partial charge in [-0.25, -0.2) is 0 Å². The van der Waals surface area contributed by atoms with Gasteiger partial charge in [-0.15, -0.1) is 0 Å². The van der Waals surface area contributed by atoms with Gasteiger partial charge in [0.1, 0.15) is 11.5 Å². The highest BCUT2D eigenvalue weighted by Crippen LogP contribution is 2.41. The van der Waals surface area contributed by atoms with Crippen molar-refractivity contribution in [2.24, 2.45) is 0 Å². The van der Waals surface area contributed by atoms with Crippen LogP contribution in [0.5, 0.6) is 23.0 Å². The summed E-state index contributed by atoms with van der Waals surface area (Å²) in [6.45, 7) is 4.96. The average Bonchev–Trinajstić information content (AvgIpc) is 3.79. The number of methoxy groups -OCH3 is 2. The van der Waals surface area contributed by atoms with Gasteiger partial charge in [0.05, 0.1) is 62.0 Å². The van der Waals surface area contributed by atoms with Crippen LogP contribution in [-0.4, -0.2) is 86.0 Å². The van der Waals surface area contributed by atoms with E-state index in [0.717, 1.165) is 28.7 Å². The van der Waals surface area contributed by atoms with E-state index in [1.54, 1.807) is 49.7 Å². The summed E-state index contributed by atoms with van der Waals surface area (Å²) in [4.78, 5) is 30.9. The molecule has 0 saturated carbocycles. The van der Waals surface area contributed by atoms with Crippen molar-refractivity contribution >= 4 is 44.5 Å². The molecule has 4 heterocycles. The van der Waals surface area contributed by atoms with Crippen LogP contribution in [0, 0.1) is 13.8 Å². The molecule has 0 aliphatic carbocycles. The summed E-state index contributed by atoms with van der Waals surface area (Å²) in [6.07, 6.45) is 5.03. The summed E-state index contributed by atoms with van der Waals surface area (Å²) in [7, 11) is -1.54. The van der Waals surface area contributed by atoms with Crippen LogP contribution in [0.15, 0.2) is 85.2 Å². The van der Waals surface area contributed by atoms with Crippen LogP contribution in [0.25, 0.3) is 11.1 Å². The molecular formula is C43H44N4O9S. The van der Waals surface area contributed by atoms with Crippen molar-refractivity contribution in [2.75, 3.05) is 44.6 Å². The first kappa shape index (κ1) is 37.9. The number of nitrogens with one attached hydrogen (secondary N) is 2. The van der Waals surface area contributed by atoms with Crippen LogP contribution in [-0.2, 0) is 10.1 Å². The molecule has 2 amide bonds. The Morgan fingerprint density at radius 1 is 0.737 bits per heavy atom. The number of ether oxygens (including phenoxy) is 4. The minimum Gasteiger partial charge on any atom is -0.497 e. The Hall–Kier alpha value is -5.99. The fourth-order valence-electron chi connectivity index (χ4n) is 7.88. The number of aryl methyl sites for hydroxylation is 2. The molecule has 0 bridgehead atoms. The van der Waals surface area contributed by atoms with E-state index in [-0.39, 0.29) is 42.8 Å². The Morgan fingerprint density at radius 2 is 1.35 bits per heavy atom. The first-order valence-corrected chi connectivity index (χ1v) is 20.3. The van der Waals surface area contributed by atoms with Gasteiger partial charge in [0.2, 0.25) is 0 Å². The van der Waals surface area contributed by atoms with Crippen molar-refractivity contribution in [3.63, 3.8) is 0 Å². The number of nitrogens with zero attached hydrogens (tertiary/aromatic N) is 2. The molecule has 0 aromatic heterocycles. The van der Waals surface area contributed by atoms with Gasteiger partial charge in [-0.05, 0) is 78.8 Å². The predicted molar refractivity (Wildman–Crippen MR) is 217 cm³/mol. The maximum Gasteiger partial charge on any atom is 0.288 e. The van der Waals surface area contributed by atoms with E-state index in [1.165, 1.54) is 17.6 Å². The molecule has 8 rings (SSSR count). The normalized spacial score (nSPS) is 19.8. The molecule has 13 nitrogen and oxygen atoms in total. The molecule has 3 atom stereocenters. The molecule has 0 fully saturated rings. The number of hydrogen-bond donors (Lipinski definition) is 3. The Labute approximate surface area is 331 Å². The largest absolute Gasteiger partial charge is 0.497 e. The monoisotopic (exact) mass is 792 g/mol. The smallest absolute Gasteiger partial charge is 0.288 e. The van der Waals surface area contributed by atoms with Gasteiger partial charge in [-0.2, -0.15) is 8.42 Å². The number of fused-ring (bicyclic) bond motifs is 4. The third-order valence-electron chi connectivity index (χ3n) is 11.0. The zero-order valence-corrected chi connectivity index (χ0v) is 32.9. The second-order valence-corrected chi connectivity index (χ2v) is 16.2. The molecule has 14 heteroatoms. The highest BCUT2D eigenvalue weighted by atomic mass is 32.2. The summed E-state index contributed by atoms with van der Waals surface area (Å²) >= 11 is 0. The summed E-state index contributed by atoms with van der Waals surface area (Å²) < 4.78 is 59.0. The van der Waals surface area contributed by atoms with Crippen molar-refractivity contribution in [3.05, 3.63) is 119 Å². The maximum atomic E-state index is 13.9. The van der Waals surface area contributed by atoms with E-state index in [4.69, 9.17) is 18.9 Å². The van der Waals surface area contributed by atoms with Crippen LogP contribution in [0.3, 0.4) is 0 Å². The van der Waals surface area contributed by atoms with Crippen molar-refractivity contribution in [2.45, 2.75) is 50.6 Å². The number of hydrogen-bond acceptors (Lipinski definition) is 10. The Bertz CT molecular complexity index is 2410. The summed E-state index contributed by atoms with van der Waals surface area (Å²) in [5.74, 6) is 1.54. The number of carbonyl (C=O) groups is 2. The lowest BCUT2D eigenvalue weighted by molar-refractivity contribution is 0.0785. The first-order valence-electron chi connectivity index (χ1n) is 18.8. The third kappa shape index (κ3) is 7.38. The number of amides is 2. The van der Waals surface area contributed by atoms with Crippen molar-refractivity contribution in [1.29, 1.82) is 0 Å². The predicted octanol–water partition coefficient (Wildman–Crippen LogP) is 6.74. The molecule has 0 spiro atoms. The fraction of sp³-hybridized carbons (Fsp3) is 0.302. The lowest BCUT2D eigenvalue weighted by Crippen LogP contribution is -2.46. The Kier molecular flexibility index (Phi) is 10.1. The number of benzene rings is 4. The molecule has 296 valence electrons. The molecule has 1 unspecified atom stereocenters. The fourth-order valence-corrected chi connectivity index (χ4v) is 8.78. The van der Waals surface area contributed by atoms with E-state index in [0.29, 0.717) is 52.8 Å². The van der Waals surface area contributed by atoms with E-state index >= 15 is 0 Å². The van der Waals surface area contributed by atoms with Crippen LogP contribution < -0.4 is 29.6 Å². The van der Waals surface area contributed by atoms with Crippen LogP contribution in [0.1, 0.15) is 62.2 Å².